The van der Waals surface area contributed by atoms with E-state index in [4.69, 9.17) is 9.47 Å². The molecule has 0 atom stereocenters. The van der Waals surface area contributed by atoms with Crippen LogP contribution in [0.15, 0.2) is 48.5 Å². The molecule has 0 saturated carbocycles. The fourth-order valence-electron chi connectivity index (χ4n) is 3.16. The second-order valence-corrected chi connectivity index (χ2v) is 6.90. The zero-order valence-electron chi connectivity index (χ0n) is 16.8. The minimum Gasteiger partial charge on any atom is -0.465 e. The fourth-order valence-corrected chi connectivity index (χ4v) is 3.16. The van der Waals surface area contributed by atoms with Crippen molar-refractivity contribution in [2.24, 2.45) is 0 Å². The van der Waals surface area contributed by atoms with E-state index in [0.717, 1.165) is 38.4 Å². The number of rotatable bonds is 7. The summed E-state index contributed by atoms with van der Waals surface area (Å²) < 4.78 is 15.1. The Morgan fingerprint density at radius 3 is 2.40 bits per heavy atom. The van der Waals surface area contributed by atoms with Gasteiger partial charge in [-0.2, -0.15) is 0 Å². The first-order valence-corrected chi connectivity index (χ1v) is 9.71. The number of nitrogens with one attached hydrogen (secondary N) is 2. The smallest absolute Gasteiger partial charge is 0.339 e. The number of amides is 1. The molecular formula is C22H25N2O6+. The van der Waals surface area contributed by atoms with Crippen LogP contribution in [0.3, 0.4) is 0 Å². The van der Waals surface area contributed by atoms with E-state index in [9.17, 15) is 14.4 Å². The summed E-state index contributed by atoms with van der Waals surface area (Å²) in [4.78, 5) is 37.6. The van der Waals surface area contributed by atoms with Gasteiger partial charge < -0.3 is 24.4 Å². The molecule has 158 valence electrons. The van der Waals surface area contributed by atoms with Gasteiger partial charge in [0, 0.05) is 5.56 Å². The monoisotopic (exact) mass is 413 g/mol. The summed E-state index contributed by atoms with van der Waals surface area (Å²) in [5, 5.41) is 2.56. The van der Waals surface area contributed by atoms with E-state index in [2.05, 4.69) is 10.1 Å². The Morgan fingerprint density at radius 1 is 1.00 bits per heavy atom. The first-order chi connectivity index (χ1) is 14.6. The molecule has 8 nitrogen and oxygen atoms in total. The van der Waals surface area contributed by atoms with E-state index >= 15 is 0 Å². The van der Waals surface area contributed by atoms with Crippen molar-refractivity contribution >= 4 is 23.5 Å². The van der Waals surface area contributed by atoms with E-state index in [1.54, 1.807) is 30.3 Å². The molecule has 2 N–H and O–H groups in total. The van der Waals surface area contributed by atoms with Crippen LogP contribution in [0.2, 0.25) is 0 Å². The molecule has 1 amide bonds. The topological polar surface area (TPSA) is 95.4 Å². The van der Waals surface area contributed by atoms with Crippen molar-refractivity contribution < 1.29 is 33.5 Å². The van der Waals surface area contributed by atoms with Crippen LogP contribution in [0, 0.1) is 0 Å². The van der Waals surface area contributed by atoms with Crippen LogP contribution in [0.4, 0.5) is 5.69 Å². The first kappa shape index (κ1) is 21.5. The lowest BCUT2D eigenvalue weighted by atomic mass is 10.1. The maximum atomic E-state index is 12.2. The summed E-state index contributed by atoms with van der Waals surface area (Å²) in [6.45, 7) is 3.89. The number of hydrogen-bond donors (Lipinski definition) is 2. The Morgan fingerprint density at radius 2 is 1.70 bits per heavy atom. The first-order valence-electron chi connectivity index (χ1n) is 9.71. The Balaban J connectivity index is 1.50. The molecule has 1 fully saturated rings. The van der Waals surface area contributed by atoms with Crippen LogP contribution < -0.4 is 10.2 Å². The molecule has 30 heavy (non-hydrogen) atoms. The van der Waals surface area contributed by atoms with Crippen LogP contribution in [-0.2, 0) is 25.5 Å². The van der Waals surface area contributed by atoms with Crippen LogP contribution in [0.25, 0.3) is 0 Å². The quantitative estimate of drug-likeness (QED) is 0.649. The summed E-state index contributed by atoms with van der Waals surface area (Å²) in [5.41, 5.74) is 2.01. The van der Waals surface area contributed by atoms with Gasteiger partial charge in [0.2, 0.25) is 0 Å². The van der Waals surface area contributed by atoms with Gasteiger partial charge >= 0.3 is 11.9 Å². The highest BCUT2D eigenvalue weighted by atomic mass is 16.5. The standard InChI is InChI=1S/C22H24N2O6/c1-28-22(27)18-4-2-3-5-19(18)23-20(25)15-30-21(26)17-8-6-16(7-9-17)14-24-10-12-29-13-11-24/h2-9H,10-15H2,1H3,(H,23,25)/p+1. The lowest BCUT2D eigenvalue weighted by Crippen LogP contribution is -3.12. The van der Waals surface area contributed by atoms with E-state index in [1.165, 1.54) is 18.1 Å². The molecule has 2 aromatic rings. The Bertz CT molecular complexity index is 891. The summed E-state index contributed by atoms with van der Waals surface area (Å²) in [6, 6.07) is 13.6. The number of carbonyl (C=O) groups is 3. The summed E-state index contributed by atoms with van der Waals surface area (Å²) in [5.74, 6) is -1.70. The number of para-hydroxylation sites is 1. The highest BCUT2D eigenvalue weighted by Crippen LogP contribution is 2.16. The van der Waals surface area contributed by atoms with Gasteiger partial charge in [-0.3, -0.25) is 4.79 Å². The maximum Gasteiger partial charge on any atom is 0.339 e. The summed E-state index contributed by atoms with van der Waals surface area (Å²) in [7, 11) is 1.26. The normalized spacial score (nSPS) is 14.0. The van der Waals surface area contributed by atoms with Crippen molar-refractivity contribution in [2.75, 3.05) is 45.3 Å². The lowest BCUT2D eigenvalue weighted by Gasteiger charge is -2.23. The molecule has 1 saturated heterocycles. The van der Waals surface area contributed by atoms with E-state index in [0.29, 0.717) is 11.3 Å². The number of quaternary nitrogens is 1. The van der Waals surface area contributed by atoms with Crippen LogP contribution in [0.1, 0.15) is 26.3 Å². The predicted molar refractivity (Wildman–Crippen MR) is 108 cm³/mol. The van der Waals surface area contributed by atoms with Gasteiger partial charge in [0.15, 0.2) is 6.61 Å². The minimum atomic E-state index is -0.586. The third kappa shape index (κ3) is 5.88. The van der Waals surface area contributed by atoms with Crippen molar-refractivity contribution in [1.82, 2.24) is 0 Å². The summed E-state index contributed by atoms with van der Waals surface area (Å²) in [6.07, 6.45) is 0. The van der Waals surface area contributed by atoms with Crippen LogP contribution in [0.5, 0.6) is 0 Å². The largest absolute Gasteiger partial charge is 0.465 e. The molecule has 8 heteroatoms. The van der Waals surface area contributed by atoms with Gasteiger partial charge in [0.05, 0.1) is 37.1 Å². The predicted octanol–water partition coefficient (Wildman–Crippen LogP) is 0.684. The van der Waals surface area contributed by atoms with Crippen LogP contribution >= 0.6 is 0 Å². The van der Waals surface area contributed by atoms with Gasteiger partial charge in [-0.05, 0) is 24.3 Å². The van der Waals surface area contributed by atoms with Crippen molar-refractivity contribution in [3.05, 3.63) is 65.2 Å². The van der Waals surface area contributed by atoms with E-state index in [1.807, 2.05) is 12.1 Å². The molecule has 0 unspecified atom stereocenters. The van der Waals surface area contributed by atoms with Crippen molar-refractivity contribution in [2.45, 2.75) is 6.54 Å². The molecule has 0 radical (unpaired) electrons. The zero-order valence-corrected chi connectivity index (χ0v) is 16.8. The molecule has 3 rings (SSSR count). The van der Waals surface area contributed by atoms with E-state index < -0.39 is 24.5 Å². The van der Waals surface area contributed by atoms with Gasteiger partial charge in [-0.25, -0.2) is 9.59 Å². The second kappa shape index (κ2) is 10.5. The number of anilines is 1. The number of carbonyl (C=O) groups excluding carboxylic acids is 3. The molecular weight excluding hydrogens is 388 g/mol. The highest BCUT2D eigenvalue weighted by molar-refractivity contribution is 6.02. The second-order valence-electron chi connectivity index (χ2n) is 6.90. The van der Waals surface area contributed by atoms with Crippen molar-refractivity contribution in [3.63, 3.8) is 0 Å². The van der Waals surface area contributed by atoms with Gasteiger partial charge in [0.1, 0.15) is 19.6 Å². The summed E-state index contributed by atoms with van der Waals surface area (Å²) >= 11 is 0. The number of hydrogen-bond acceptors (Lipinski definition) is 6. The molecule has 1 heterocycles. The van der Waals surface area contributed by atoms with Crippen LogP contribution in [-0.4, -0.2) is 57.9 Å². The average molecular weight is 413 g/mol. The molecule has 0 bridgehead atoms. The molecule has 0 aliphatic carbocycles. The van der Waals surface area contributed by atoms with Gasteiger partial charge in [0.25, 0.3) is 5.91 Å². The SMILES string of the molecule is COC(=O)c1ccccc1NC(=O)COC(=O)c1ccc(C[NH+]2CCOCC2)cc1. The van der Waals surface area contributed by atoms with Gasteiger partial charge in [-0.15, -0.1) is 0 Å². The fraction of sp³-hybridized carbons (Fsp3) is 0.318. The lowest BCUT2D eigenvalue weighted by molar-refractivity contribution is -0.921. The maximum absolute atomic E-state index is 12.2. The van der Waals surface area contributed by atoms with Crippen molar-refractivity contribution in [1.29, 1.82) is 0 Å². The average Bonchev–Trinajstić information content (AvgIpc) is 2.78. The Labute approximate surface area is 174 Å². The number of methoxy groups -OCH3 is 1. The number of morpholine rings is 1. The number of esters is 2. The molecule has 0 spiro atoms. The van der Waals surface area contributed by atoms with Crippen molar-refractivity contribution in [3.8, 4) is 0 Å². The number of ether oxygens (including phenoxy) is 3. The molecule has 1 aliphatic heterocycles. The zero-order chi connectivity index (χ0) is 21.3. The molecule has 0 aromatic heterocycles. The Hall–Kier alpha value is -3.23. The van der Waals surface area contributed by atoms with E-state index in [-0.39, 0.29) is 5.56 Å². The molecule has 1 aliphatic rings. The minimum absolute atomic E-state index is 0.220. The third-order valence-corrected chi connectivity index (χ3v) is 4.78. The third-order valence-electron chi connectivity index (χ3n) is 4.78. The highest BCUT2D eigenvalue weighted by Gasteiger charge is 2.16. The Kier molecular flexibility index (Phi) is 7.53. The number of benzene rings is 2. The van der Waals surface area contributed by atoms with Gasteiger partial charge in [-0.1, -0.05) is 24.3 Å². The molecule has 2 aromatic carbocycles.